The van der Waals surface area contributed by atoms with Crippen molar-refractivity contribution in [2.45, 2.75) is 0 Å². The smallest absolute Gasteiger partial charge is 0.163 e. The molecule has 4 aromatic rings. The first-order valence-electron chi connectivity index (χ1n) is 8.54. The molecule has 2 aromatic heterocycles. The van der Waals surface area contributed by atoms with Gasteiger partial charge in [0.1, 0.15) is 23.2 Å². The SMILES string of the molecule is CNc1nc(-c2cccnc2)nc2c(-c3cc(F)cc(F)c3)ccc(OC)c12. The van der Waals surface area contributed by atoms with Crippen LogP contribution in [0.1, 0.15) is 0 Å². The number of hydrogen-bond donors (Lipinski definition) is 1. The van der Waals surface area contributed by atoms with Gasteiger partial charge < -0.3 is 10.1 Å². The minimum atomic E-state index is -0.658. The van der Waals surface area contributed by atoms with Gasteiger partial charge in [-0.25, -0.2) is 18.7 Å². The Balaban J connectivity index is 2.08. The summed E-state index contributed by atoms with van der Waals surface area (Å²) in [5.41, 5.74) is 2.18. The lowest BCUT2D eigenvalue weighted by molar-refractivity contribution is 0.420. The summed E-state index contributed by atoms with van der Waals surface area (Å²) in [4.78, 5) is 13.4. The Hall–Kier alpha value is -3.61. The number of benzene rings is 2. The minimum Gasteiger partial charge on any atom is -0.496 e. The maximum Gasteiger partial charge on any atom is 0.163 e. The summed E-state index contributed by atoms with van der Waals surface area (Å²) in [6, 6.07) is 10.5. The van der Waals surface area contributed by atoms with Crippen LogP contribution >= 0.6 is 0 Å². The van der Waals surface area contributed by atoms with Gasteiger partial charge in [-0.3, -0.25) is 4.98 Å². The predicted molar refractivity (Wildman–Crippen MR) is 104 cm³/mol. The highest BCUT2D eigenvalue weighted by Crippen LogP contribution is 2.38. The molecule has 140 valence electrons. The van der Waals surface area contributed by atoms with Gasteiger partial charge in [0.05, 0.1) is 18.0 Å². The highest BCUT2D eigenvalue weighted by Gasteiger charge is 2.18. The van der Waals surface area contributed by atoms with E-state index in [2.05, 4.69) is 20.3 Å². The minimum absolute atomic E-state index is 0.378. The van der Waals surface area contributed by atoms with Crippen LogP contribution in [0.5, 0.6) is 5.75 Å². The second-order valence-electron chi connectivity index (χ2n) is 6.08. The number of fused-ring (bicyclic) bond motifs is 1. The first kappa shape index (κ1) is 17.8. The molecule has 0 aliphatic carbocycles. The van der Waals surface area contributed by atoms with Crippen LogP contribution in [-0.2, 0) is 0 Å². The zero-order chi connectivity index (χ0) is 19.7. The van der Waals surface area contributed by atoms with E-state index in [4.69, 9.17) is 4.74 Å². The zero-order valence-corrected chi connectivity index (χ0v) is 15.2. The van der Waals surface area contributed by atoms with Crippen LogP contribution in [0, 0.1) is 11.6 Å². The average Bonchev–Trinajstić information content (AvgIpc) is 2.72. The molecule has 2 aromatic carbocycles. The van der Waals surface area contributed by atoms with Gasteiger partial charge in [0.15, 0.2) is 5.82 Å². The topological polar surface area (TPSA) is 59.9 Å². The maximum atomic E-state index is 13.8. The summed E-state index contributed by atoms with van der Waals surface area (Å²) >= 11 is 0. The molecule has 2 heterocycles. The molecule has 0 saturated carbocycles. The van der Waals surface area contributed by atoms with Crippen LogP contribution in [0.2, 0.25) is 0 Å². The Bertz CT molecular complexity index is 1150. The summed E-state index contributed by atoms with van der Waals surface area (Å²) < 4.78 is 33.1. The van der Waals surface area contributed by atoms with Crippen molar-refractivity contribution >= 4 is 16.7 Å². The van der Waals surface area contributed by atoms with E-state index in [1.165, 1.54) is 12.1 Å². The first-order chi connectivity index (χ1) is 13.6. The number of anilines is 1. The fourth-order valence-corrected chi connectivity index (χ4v) is 3.13. The maximum absolute atomic E-state index is 13.8. The fraction of sp³-hybridized carbons (Fsp3) is 0.0952. The second kappa shape index (κ2) is 7.19. The molecule has 0 spiro atoms. The van der Waals surface area contributed by atoms with Gasteiger partial charge in [0.25, 0.3) is 0 Å². The summed E-state index contributed by atoms with van der Waals surface area (Å²) in [5.74, 6) is 0.220. The molecule has 0 bridgehead atoms. The molecule has 0 radical (unpaired) electrons. The molecule has 0 aliphatic heterocycles. The Labute approximate surface area is 160 Å². The van der Waals surface area contributed by atoms with Crippen LogP contribution in [0.4, 0.5) is 14.6 Å². The van der Waals surface area contributed by atoms with Crippen LogP contribution in [-0.4, -0.2) is 29.1 Å². The molecule has 1 N–H and O–H groups in total. The molecule has 0 aliphatic rings. The zero-order valence-electron chi connectivity index (χ0n) is 15.2. The second-order valence-corrected chi connectivity index (χ2v) is 6.08. The lowest BCUT2D eigenvalue weighted by atomic mass is 10.0. The van der Waals surface area contributed by atoms with Crippen LogP contribution in [0.25, 0.3) is 33.4 Å². The Kier molecular flexibility index (Phi) is 4.57. The number of nitrogens with one attached hydrogen (secondary N) is 1. The molecule has 0 atom stereocenters. The predicted octanol–water partition coefficient (Wildman–Crippen LogP) is 4.69. The third-order valence-corrected chi connectivity index (χ3v) is 4.36. The Morgan fingerprint density at radius 1 is 0.964 bits per heavy atom. The van der Waals surface area contributed by atoms with Crippen LogP contribution < -0.4 is 10.1 Å². The lowest BCUT2D eigenvalue weighted by Crippen LogP contribution is -2.02. The third kappa shape index (κ3) is 3.11. The highest BCUT2D eigenvalue weighted by molar-refractivity contribution is 6.03. The third-order valence-electron chi connectivity index (χ3n) is 4.36. The van der Waals surface area contributed by atoms with Crippen molar-refractivity contribution in [1.82, 2.24) is 15.0 Å². The Morgan fingerprint density at radius 3 is 2.39 bits per heavy atom. The van der Waals surface area contributed by atoms with E-state index in [0.29, 0.717) is 39.4 Å². The van der Waals surface area contributed by atoms with Gasteiger partial charge in [-0.05, 0) is 42.0 Å². The molecular weight excluding hydrogens is 362 g/mol. The number of methoxy groups -OCH3 is 1. The van der Waals surface area contributed by atoms with Crippen molar-refractivity contribution in [3.63, 3.8) is 0 Å². The van der Waals surface area contributed by atoms with Crippen molar-refractivity contribution < 1.29 is 13.5 Å². The van der Waals surface area contributed by atoms with Crippen molar-refractivity contribution in [3.8, 4) is 28.3 Å². The van der Waals surface area contributed by atoms with Crippen LogP contribution in [0.15, 0.2) is 54.9 Å². The summed E-state index contributed by atoms with van der Waals surface area (Å²) in [6.45, 7) is 0. The van der Waals surface area contributed by atoms with Gasteiger partial charge in [-0.1, -0.05) is 0 Å². The standard InChI is InChI=1S/C21H16F2N4O/c1-24-21-18-17(28-2)6-5-16(13-8-14(22)10-15(23)9-13)19(18)26-20(27-21)12-4-3-7-25-11-12/h3-11H,1-2H3,(H,24,26,27). The monoisotopic (exact) mass is 378 g/mol. The fourth-order valence-electron chi connectivity index (χ4n) is 3.13. The largest absolute Gasteiger partial charge is 0.496 e. The van der Waals surface area contributed by atoms with Crippen molar-refractivity contribution in [1.29, 1.82) is 0 Å². The highest BCUT2D eigenvalue weighted by atomic mass is 19.1. The number of rotatable bonds is 4. The summed E-state index contributed by atoms with van der Waals surface area (Å²) in [7, 11) is 3.29. The molecule has 0 unspecified atom stereocenters. The number of nitrogens with zero attached hydrogens (tertiary/aromatic N) is 3. The van der Waals surface area contributed by atoms with E-state index >= 15 is 0 Å². The van der Waals surface area contributed by atoms with Gasteiger partial charge in [-0.15, -0.1) is 0 Å². The quantitative estimate of drug-likeness (QED) is 0.558. The Morgan fingerprint density at radius 2 is 1.75 bits per heavy atom. The van der Waals surface area contributed by atoms with Crippen molar-refractivity contribution in [2.75, 3.05) is 19.5 Å². The van der Waals surface area contributed by atoms with E-state index in [1.807, 2.05) is 6.07 Å². The molecule has 5 nitrogen and oxygen atoms in total. The van der Waals surface area contributed by atoms with Crippen molar-refractivity contribution in [3.05, 3.63) is 66.5 Å². The van der Waals surface area contributed by atoms with E-state index in [-0.39, 0.29) is 0 Å². The molecule has 0 saturated heterocycles. The number of hydrogen-bond acceptors (Lipinski definition) is 5. The van der Waals surface area contributed by atoms with Gasteiger partial charge >= 0.3 is 0 Å². The molecule has 4 rings (SSSR count). The molecule has 28 heavy (non-hydrogen) atoms. The van der Waals surface area contributed by atoms with E-state index in [1.54, 1.807) is 44.8 Å². The molecule has 0 amide bonds. The number of pyridine rings is 1. The summed E-state index contributed by atoms with van der Waals surface area (Å²) in [5, 5.41) is 3.68. The van der Waals surface area contributed by atoms with E-state index in [9.17, 15) is 8.78 Å². The van der Waals surface area contributed by atoms with Crippen molar-refractivity contribution in [2.24, 2.45) is 0 Å². The molecule has 7 heteroatoms. The van der Waals surface area contributed by atoms with Crippen LogP contribution in [0.3, 0.4) is 0 Å². The molecular formula is C21H16F2N4O. The molecule has 0 fully saturated rings. The van der Waals surface area contributed by atoms with E-state index in [0.717, 1.165) is 11.6 Å². The first-order valence-corrected chi connectivity index (χ1v) is 8.54. The average molecular weight is 378 g/mol. The van der Waals surface area contributed by atoms with E-state index < -0.39 is 11.6 Å². The normalized spacial score (nSPS) is 10.9. The summed E-state index contributed by atoms with van der Waals surface area (Å²) in [6.07, 6.45) is 3.32. The lowest BCUT2D eigenvalue weighted by Gasteiger charge is -2.15. The van der Waals surface area contributed by atoms with Gasteiger partial charge in [0, 0.05) is 36.6 Å². The van der Waals surface area contributed by atoms with Gasteiger partial charge in [0.2, 0.25) is 0 Å². The van der Waals surface area contributed by atoms with Gasteiger partial charge in [-0.2, -0.15) is 0 Å². The number of halogens is 2. The number of ether oxygens (including phenoxy) is 1. The number of aromatic nitrogens is 3.